The van der Waals surface area contributed by atoms with Crippen molar-refractivity contribution in [3.63, 3.8) is 0 Å². The summed E-state index contributed by atoms with van der Waals surface area (Å²) in [6.45, 7) is 4.00. The highest BCUT2D eigenvalue weighted by Crippen LogP contribution is 2.29. The van der Waals surface area contributed by atoms with Crippen molar-refractivity contribution in [1.29, 1.82) is 0 Å². The number of hydrogen-bond donors (Lipinski definition) is 2. The first-order valence-corrected chi connectivity index (χ1v) is 11.6. The average Bonchev–Trinajstić information content (AvgIpc) is 3.53. The van der Waals surface area contributed by atoms with Crippen LogP contribution in [0.15, 0.2) is 85.0 Å². The van der Waals surface area contributed by atoms with Gasteiger partial charge in [0.15, 0.2) is 5.13 Å². The lowest BCUT2D eigenvalue weighted by Gasteiger charge is -2.12. The molecule has 0 fully saturated rings. The summed E-state index contributed by atoms with van der Waals surface area (Å²) in [6, 6.07) is 15.4. The highest BCUT2D eigenvalue weighted by Gasteiger charge is 2.12. The average molecular weight is 467 g/mol. The minimum absolute atomic E-state index is 0.180. The summed E-state index contributed by atoms with van der Waals surface area (Å²) in [5.74, 6) is -0.180. The molecule has 0 spiro atoms. The van der Waals surface area contributed by atoms with E-state index in [4.69, 9.17) is 0 Å². The molecule has 8 heteroatoms. The van der Waals surface area contributed by atoms with Crippen LogP contribution in [-0.4, -0.2) is 25.4 Å². The molecule has 0 aliphatic heterocycles. The van der Waals surface area contributed by atoms with Gasteiger partial charge in [0.2, 0.25) is 0 Å². The lowest BCUT2D eigenvalue weighted by Crippen LogP contribution is -2.13. The number of carbonyl (C=O) groups excluding carboxylic acids is 1. The fourth-order valence-corrected chi connectivity index (χ4v) is 4.32. The Morgan fingerprint density at radius 3 is 2.74 bits per heavy atom. The van der Waals surface area contributed by atoms with Gasteiger partial charge in [-0.1, -0.05) is 6.07 Å². The summed E-state index contributed by atoms with van der Waals surface area (Å²) < 4.78 is 1.91. The Hall–Kier alpha value is -4.30. The van der Waals surface area contributed by atoms with Crippen molar-refractivity contribution in [2.24, 2.45) is 0 Å². The van der Waals surface area contributed by atoms with Crippen molar-refractivity contribution >= 4 is 33.8 Å². The lowest BCUT2D eigenvalue weighted by atomic mass is 10.1. The second-order valence-electron chi connectivity index (χ2n) is 7.92. The van der Waals surface area contributed by atoms with Gasteiger partial charge in [-0.15, -0.1) is 11.3 Å². The number of amides is 1. The van der Waals surface area contributed by atoms with E-state index in [2.05, 4.69) is 25.6 Å². The van der Waals surface area contributed by atoms with Gasteiger partial charge in [-0.05, 0) is 67.4 Å². The minimum atomic E-state index is -0.180. The molecule has 5 aromatic rings. The molecule has 0 unspecified atom stereocenters. The van der Waals surface area contributed by atoms with E-state index < -0.39 is 0 Å². The molecular formula is C26H22N6OS. The number of aromatic nitrogens is 4. The van der Waals surface area contributed by atoms with Crippen LogP contribution in [-0.2, 0) is 0 Å². The van der Waals surface area contributed by atoms with Gasteiger partial charge in [-0.2, -0.15) is 0 Å². The van der Waals surface area contributed by atoms with E-state index in [1.807, 2.05) is 78.5 Å². The summed E-state index contributed by atoms with van der Waals surface area (Å²) in [6.07, 6.45) is 8.86. The Balaban J connectivity index is 1.35. The van der Waals surface area contributed by atoms with Crippen LogP contribution in [0.5, 0.6) is 0 Å². The molecular weight excluding hydrogens is 444 g/mol. The van der Waals surface area contributed by atoms with Crippen LogP contribution < -0.4 is 10.6 Å². The Bertz CT molecular complexity index is 1440. The first-order valence-electron chi connectivity index (χ1n) is 10.7. The van der Waals surface area contributed by atoms with Crippen molar-refractivity contribution in [3.05, 3.63) is 102 Å². The number of rotatable bonds is 6. The molecule has 2 aromatic carbocycles. The number of benzene rings is 2. The van der Waals surface area contributed by atoms with Crippen LogP contribution >= 0.6 is 11.3 Å². The van der Waals surface area contributed by atoms with Gasteiger partial charge >= 0.3 is 0 Å². The third kappa shape index (κ3) is 4.72. The van der Waals surface area contributed by atoms with Gasteiger partial charge < -0.3 is 15.2 Å². The number of hydrogen-bond acceptors (Lipinski definition) is 6. The molecule has 168 valence electrons. The van der Waals surface area contributed by atoms with E-state index in [1.165, 1.54) is 11.3 Å². The molecule has 0 atom stereocenters. The Morgan fingerprint density at radius 1 is 1.03 bits per heavy atom. The van der Waals surface area contributed by atoms with E-state index in [1.54, 1.807) is 24.9 Å². The third-order valence-corrected chi connectivity index (χ3v) is 6.08. The monoisotopic (exact) mass is 466 g/mol. The maximum Gasteiger partial charge on any atom is 0.255 e. The number of anilines is 3. The zero-order valence-electron chi connectivity index (χ0n) is 18.7. The second-order valence-corrected chi connectivity index (χ2v) is 8.77. The molecule has 34 heavy (non-hydrogen) atoms. The SMILES string of the molecule is Cc1cc(NC(=O)c2ccc(C)c(Nc3nc(-c4cccnc4)cs3)c2)cc(-n2ccnc2)c1. The topological polar surface area (TPSA) is 84.7 Å². The predicted molar refractivity (Wildman–Crippen MR) is 136 cm³/mol. The Kier molecular flexibility index (Phi) is 5.88. The first kappa shape index (κ1) is 21.5. The second kappa shape index (κ2) is 9.29. The highest BCUT2D eigenvalue weighted by molar-refractivity contribution is 7.14. The van der Waals surface area contributed by atoms with Gasteiger partial charge in [0, 0.05) is 58.4 Å². The first-order chi connectivity index (χ1) is 16.5. The van der Waals surface area contributed by atoms with Crippen LogP contribution in [0.1, 0.15) is 21.5 Å². The van der Waals surface area contributed by atoms with Crippen molar-refractivity contribution < 1.29 is 4.79 Å². The molecule has 0 aliphatic carbocycles. The predicted octanol–water partition coefficient (Wildman–Crippen LogP) is 6.00. The molecule has 0 saturated heterocycles. The number of pyridine rings is 1. The summed E-state index contributed by atoms with van der Waals surface area (Å²) in [5, 5.41) is 9.11. The van der Waals surface area contributed by atoms with Gasteiger partial charge in [-0.3, -0.25) is 9.78 Å². The summed E-state index contributed by atoms with van der Waals surface area (Å²) in [5.41, 5.74) is 6.95. The summed E-state index contributed by atoms with van der Waals surface area (Å²) >= 11 is 1.51. The maximum atomic E-state index is 13.1. The highest BCUT2D eigenvalue weighted by atomic mass is 32.1. The Labute approximate surface area is 201 Å². The number of nitrogens with one attached hydrogen (secondary N) is 2. The molecule has 3 aromatic heterocycles. The number of thiazole rings is 1. The quantitative estimate of drug-likeness (QED) is 0.320. The van der Waals surface area contributed by atoms with Crippen molar-refractivity contribution in [1.82, 2.24) is 19.5 Å². The van der Waals surface area contributed by atoms with Gasteiger partial charge in [0.1, 0.15) is 0 Å². The summed E-state index contributed by atoms with van der Waals surface area (Å²) in [4.78, 5) is 26.0. The number of carbonyl (C=O) groups is 1. The molecule has 1 amide bonds. The van der Waals surface area contributed by atoms with E-state index in [0.29, 0.717) is 5.56 Å². The lowest BCUT2D eigenvalue weighted by molar-refractivity contribution is 0.102. The van der Waals surface area contributed by atoms with Gasteiger partial charge in [0.25, 0.3) is 5.91 Å². The molecule has 2 N–H and O–H groups in total. The smallest absolute Gasteiger partial charge is 0.255 e. The molecule has 3 heterocycles. The number of nitrogens with zero attached hydrogens (tertiary/aromatic N) is 4. The van der Waals surface area contributed by atoms with Crippen LogP contribution in [0.2, 0.25) is 0 Å². The third-order valence-electron chi connectivity index (χ3n) is 5.33. The number of imidazole rings is 1. The molecule has 7 nitrogen and oxygen atoms in total. The standard InChI is InChI=1S/C26H22N6OS/c1-17-10-21(13-22(11-17)32-9-8-28-16-32)29-25(33)19-6-5-18(2)23(12-19)30-26-31-24(15-34-26)20-4-3-7-27-14-20/h3-16H,1-2H3,(H,29,33)(H,30,31). The van der Waals surface area contributed by atoms with E-state index in [0.717, 1.165) is 44.6 Å². The van der Waals surface area contributed by atoms with Gasteiger partial charge in [-0.25, -0.2) is 9.97 Å². The molecule has 0 radical (unpaired) electrons. The fraction of sp³-hybridized carbons (Fsp3) is 0.0769. The zero-order valence-corrected chi connectivity index (χ0v) is 19.5. The van der Waals surface area contributed by atoms with E-state index in [-0.39, 0.29) is 5.91 Å². The van der Waals surface area contributed by atoms with Gasteiger partial charge in [0.05, 0.1) is 12.0 Å². The molecule has 0 aliphatic rings. The zero-order chi connectivity index (χ0) is 23.5. The normalized spacial score (nSPS) is 10.8. The molecule has 0 bridgehead atoms. The van der Waals surface area contributed by atoms with Crippen molar-refractivity contribution in [2.45, 2.75) is 13.8 Å². The molecule has 5 rings (SSSR count). The maximum absolute atomic E-state index is 13.1. The number of aryl methyl sites for hydroxylation is 2. The van der Waals surface area contributed by atoms with Crippen LogP contribution in [0.4, 0.5) is 16.5 Å². The Morgan fingerprint density at radius 2 is 1.94 bits per heavy atom. The van der Waals surface area contributed by atoms with E-state index in [9.17, 15) is 4.79 Å². The van der Waals surface area contributed by atoms with Crippen LogP contribution in [0, 0.1) is 13.8 Å². The fourth-order valence-electron chi connectivity index (χ4n) is 3.59. The van der Waals surface area contributed by atoms with Crippen LogP contribution in [0.25, 0.3) is 16.9 Å². The largest absolute Gasteiger partial charge is 0.331 e. The van der Waals surface area contributed by atoms with Crippen LogP contribution in [0.3, 0.4) is 0 Å². The van der Waals surface area contributed by atoms with E-state index >= 15 is 0 Å². The minimum Gasteiger partial charge on any atom is -0.331 e. The molecule has 0 saturated carbocycles. The van der Waals surface area contributed by atoms with Crippen molar-refractivity contribution in [3.8, 4) is 16.9 Å². The summed E-state index contributed by atoms with van der Waals surface area (Å²) in [7, 11) is 0. The van der Waals surface area contributed by atoms with Crippen molar-refractivity contribution in [2.75, 3.05) is 10.6 Å².